The summed E-state index contributed by atoms with van der Waals surface area (Å²) in [6, 6.07) is 11.8. The summed E-state index contributed by atoms with van der Waals surface area (Å²) in [4.78, 5) is 23.4. The molecule has 0 fully saturated rings. The number of aromatic nitrogens is 1. The predicted molar refractivity (Wildman–Crippen MR) is 136 cm³/mol. The molecule has 0 saturated carbocycles. The zero-order chi connectivity index (χ0) is 21.7. The number of aryl methyl sites for hydroxylation is 1. The van der Waals surface area contributed by atoms with Crippen molar-refractivity contribution in [2.45, 2.75) is 25.2 Å². The molecule has 8 heteroatoms. The summed E-state index contributed by atoms with van der Waals surface area (Å²) in [5.74, 6) is 1.73. The number of thiazole rings is 1. The number of nitrogens with zero attached hydrogens (tertiary/aromatic N) is 3. The molecule has 31 heavy (non-hydrogen) atoms. The minimum absolute atomic E-state index is 0. The Morgan fingerprint density at radius 1 is 1.13 bits per heavy atom. The number of carbonyl (C=O) groups excluding carboxylic acids is 1. The lowest BCUT2D eigenvalue weighted by atomic mass is 10.2. The third-order valence-corrected chi connectivity index (χ3v) is 6.90. The van der Waals surface area contributed by atoms with Gasteiger partial charge in [-0.1, -0.05) is 24.3 Å². The number of rotatable bonds is 9. The van der Waals surface area contributed by atoms with E-state index in [2.05, 4.69) is 18.7 Å². The van der Waals surface area contributed by atoms with Crippen molar-refractivity contribution in [1.29, 1.82) is 0 Å². The Morgan fingerprint density at radius 2 is 1.84 bits per heavy atom. The van der Waals surface area contributed by atoms with Crippen molar-refractivity contribution in [3.8, 4) is 5.75 Å². The van der Waals surface area contributed by atoms with E-state index in [0.717, 1.165) is 40.2 Å². The number of methoxy groups -OCH3 is 1. The second kappa shape index (κ2) is 11.7. The van der Waals surface area contributed by atoms with Crippen LogP contribution in [0.3, 0.4) is 0 Å². The molecule has 0 saturated heterocycles. The van der Waals surface area contributed by atoms with Gasteiger partial charge in [0.25, 0.3) is 5.91 Å². The number of fused-ring (bicyclic) bond motifs is 1. The molecular weight excluding hydrogens is 450 g/mol. The third kappa shape index (κ3) is 6.13. The Balaban J connectivity index is 0.00000341. The van der Waals surface area contributed by atoms with Crippen LogP contribution >= 0.6 is 35.5 Å². The molecule has 1 aromatic heterocycles. The fourth-order valence-corrected chi connectivity index (χ4v) is 4.96. The van der Waals surface area contributed by atoms with Crippen molar-refractivity contribution in [2.75, 3.05) is 44.9 Å². The number of thioether (sulfide) groups is 1. The summed E-state index contributed by atoms with van der Waals surface area (Å²) in [6.45, 7) is 5.71. The largest absolute Gasteiger partial charge is 0.494 e. The molecule has 3 aromatic rings. The Hall–Kier alpha value is -1.80. The molecule has 0 radical (unpaired) electrons. The van der Waals surface area contributed by atoms with E-state index in [-0.39, 0.29) is 18.3 Å². The Bertz CT molecular complexity index is 1010. The van der Waals surface area contributed by atoms with Crippen LogP contribution in [0.15, 0.2) is 41.3 Å². The van der Waals surface area contributed by atoms with Gasteiger partial charge in [-0.05, 0) is 75.6 Å². The summed E-state index contributed by atoms with van der Waals surface area (Å²) >= 11 is 3.32. The smallest absolute Gasteiger partial charge is 0.260 e. The van der Waals surface area contributed by atoms with Gasteiger partial charge >= 0.3 is 0 Å². The molecule has 168 valence electrons. The molecule has 2 aromatic carbocycles. The highest BCUT2D eigenvalue weighted by Crippen LogP contribution is 2.37. The number of hydrogen-bond acceptors (Lipinski definition) is 6. The van der Waals surface area contributed by atoms with E-state index in [1.807, 2.05) is 55.4 Å². The lowest BCUT2D eigenvalue weighted by molar-refractivity contribution is 0.0986. The first-order valence-electron chi connectivity index (χ1n) is 10.1. The van der Waals surface area contributed by atoms with E-state index in [4.69, 9.17) is 9.72 Å². The lowest BCUT2D eigenvalue weighted by Gasteiger charge is -2.21. The second-order valence-electron chi connectivity index (χ2n) is 7.33. The monoisotopic (exact) mass is 479 g/mol. The first-order chi connectivity index (χ1) is 14.4. The molecule has 1 heterocycles. The van der Waals surface area contributed by atoms with Gasteiger partial charge in [0.2, 0.25) is 0 Å². The fourth-order valence-electron chi connectivity index (χ4n) is 3.22. The van der Waals surface area contributed by atoms with E-state index in [1.54, 1.807) is 30.2 Å². The normalized spacial score (nSPS) is 10.9. The van der Waals surface area contributed by atoms with Crippen LogP contribution in [-0.2, 0) is 0 Å². The van der Waals surface area contributed by atoms with Crippen molar-refractivity contribution in [2.24, 2.45) is 0 Å². The minimum Gasteiger partial charge on any atom is -0.494 e. The summed E-state index contributed by atoms with van der Waals surface area (Å²) in [5.41, 5.74) is 2.64. The number of carbonyl (C=O) groups is 1. The SMILES string of the molecule is CCSc1ccc(C(=O)N(CCCN(C)C)c2nc3c(OC)ccc(C)c3s2)cc1.Cl. The van der Waals surface area contributed by atoms with Gasteiger partial charge in [-0.2, -0.15) is 0 Å². The standard InChI is InChI=1S/C23H29N3O2S2.ClH/c1-6-29-18-11-9-17(10-12-18)22(27)26(15-7-14-25(3)4)23-24-20-19(28-5)13-8-16(2)21(20)30-23;/h8-13H,6-7,14-15H2,1-5H3;1H. The van der Waals surface area contributed by atoms with Gasteiger partial charge in [0.05, 0.1) is 11.8 Å². The molecule has 0 spiro atoms. The van der Waals surface area contributed by atoms with Gasteiger partial charge in [0.1, 0.15) is 11.3 Å². The minimum atomic E-state index is -0.0162. The molecule has 5 nitrogen and oxygen atoms in total. The molecule has 0 bridgehead atoms. The maximum atomic E-state index is 13.4. The van der Waals surface area contributed by atoms with Gasteiger partial charge in [-0.15, -0.1) is 24.2 Å². The average molecular weight is 480 g/mol. The number of anilines is 1. The van der Waals surface area contributed by atoms with Crippen LogP contribution in [-0.4, -0.2) is 55.8 Å². The van der Waals surface area contributed by atoms with Crippen molar-refractivity contribution >= 4 is 56.8 Å². The Morgan fingerprint density at radius 3 is 2.45 bits per heavy atom. The van der Waals surface area contributed by atoms with Crippen molar-refractivity contribution in [3.05, 3.63) is 47.5 Å². The Labute approximate surface area is 199 Å². The number of halogens is 1. The van der Waals surface area contributed by atoms with E-state index < -0.39 is 0 Å². The van der Waals surface area contributed by atoms with Gasteiger partial charge in [-0.3, -0.25) is 9.69 Å². The molecule has 0 aliphatic rings. The maximum Gasteiger partial charge on any atom is 0.260 e. The topological polar surface area (TPSA) is 45.7 Å². The van der Waals surface area contributed by atoms with Crippen LogP contribution in [0.25, 0.3) is 10.2 Å². The lowest BCUT2D eigenvalue weighted by Crippen LogP contribution is -2.33. The molecule has 1 amide bonds. The summed E-state index contributed by atoms with van der Waals surface area (Å²) in [5, 5.41) is 0.716. The summed E-state index contributed by atoms with van der Waals surface area (Å²) < 4.78 is 6.56. The number of benzene rings is 2. The van der Waals surface area contributed by atoms with Gasteiger partial charge in [0.15, 0.2) is 5.13 Å². The first-order valence-corrected chi connectivity index (χ1v) is 11.9. The number of hydrogen-bond donors (Lipinski definition) is 0. The molecule has 0 aliphatic heterocycles. The summed E-state index contributed by atoms with van der Waals surface area (Å²) in [7, 11) is 5.74. The zero-order valence-electron chi connectivity index (χ0n) is 18.7. The average Bonchev–Trinajstić information content (AvgIpc) is 3.18. The van der Waals surface area contributed by atoms with Gasteiger partial charge in [0, 0.05) is 17.0 Å². The first kappa shape index (κ1) is 25.5. The van der Waals surface area contributed by atoms with Crippen molar-refractivity contribution in [1.82, 2.24) is 9.88 Å². The van der Waals surface area contributed by atoms with Crippen molar-refractivity contribution < 1.29 is 9.53 Å². The number of ether oxygens (including phenoxy) is 1. The quantitative estimate of drug-likeness (QED) is 0.366. The third-order valence-electron chi connectivity index (χ3n) is 4.79. The zero-order valence-corrected chi connectivity index (χ0v) is 21.1. The van der Waals surface area contributed by atoms with Crippen LogP contribution < -0.4 is 9.64 Å². The molecule has 0 atom stereocenters. The van der Waals surface area contributed by atoms with Gasteiger partial charge in [-0.25, -0.2) is 4.98 Å². The van der Waals surface area contributed by atoms with E-state index >= 15 is 0 Å². The van der Waals surface area contributed by atoms with E-state index in [9.17, 15) is 4.79 Å². The van der Waals surface area contributed by atoms with Crippen LogP contribution in [0.4, 0.5) is 5.13 Å². The molecule has 0 aliphatic carbocycles. The summed E-state index contributed by atoms with van der Waals surface area (Å²) in [6.07, 6.45) is 0.870. The van der Waals surface area contributed by atoms with Crippen LogP contribution in [0, 0.1) is 6.92 Å². The highest BCUT2D eigenvalue weighted by atomic mass is 35.5. The highest BCUT2D eigenvalue weighted by molar-refractivity contribution is 7.99. The van der Waals surface area contributed by atoms with Crippen LogP contribution in [0.2, 0.25) is 0 Å². The fraction of sp³-hybridized carbons (Fsp3) is 0.391. The Kier molecular flexibility index (Phi) is 9.62. The number of amides is 1. The van der Waals surface area contributed by atoms with Crippen LogP contribution in [0.5, 0.6) is 5.75 Å². The van der Waals surface area contributed by atoms with E-state index in [1.165, 1.54) is 4.90 Å². The van der Waals surface area contributed by atoms with Crippen molar-refractivity contribution in [3.63, 3.8) is 0 Å². The maximum absolute atomic E-state index is 13.4. The van der Waals surface area contributed by atoms with Crippen LogP contribution in [0.1, 0.15) is 29.3 Å². The van der Waals surface area contributed by atoms with E-state index in [0.29, 0.717) is 17.2 Å². The predicted octanol–water partition coefficient (Wildman–Crippen LogP) is 5.75. The molecular formula is C23H30ClN3O2S2. The second-order valence-corrected chi connectivity index (χ2v) is 9.64. The molecule has 0 N–H and O–H groups in total. The van der Waals surface area contributed by atoms with Gasteiger partial charge < -0.3 is 9.64 Å². The molecule has 0 unspecified atom stereocenters. The molecule has 3 rings (SSSR count). The highest BCUT2D eigenvalue weighted by Gasteiger charge is 2.22.